The van der Waals surface area contributed by atoms with Crippen LogP contribution in [0.5, 0.6) is 0 Å². The Morgan fingerprint density at radius 1 is 1.41 bits per heavy atom. The fraction of sp³-hybridized carbons (Fsp3) is 1.00. The second kappa shape index (κ2) is 6.69. The predicted molar refractivity (Wildman–Crippen MR) is 67.5 cm³/mol. The fourth-order valence-electron chi connectivity index (χ4n) is 3.09. The quantitative estimate of drug-likeness (QED) is 0.696. The normalized spacial score (nSPS) is 31.8. The molecule has 0 radical (unpaired) electrons. The Morgan fingerprint density at radius 2 is 2.06 bits per heavy atom. The standard InChI is InChI=1S/C13H27NO3/c1-4-10-6-5-7-13(8-10,9-14)11(15)12(16-2)17-3/h10-12,15H,4-9,14H2,1-3H3. The molecule has 0 aromatic heterocycles. The lowest BCUT2D eigenvalue weighted by molar-refractivity contribution is -0.204. The van der Waals surface area contributed by atoms with Crippen LogP contribution in [0.4, 0.5) is 0 Å². The third kappa shape index (κ3) is 3.19. The van der Waals surface area contributed by atoms with Gasteiger partial charge in [0.25, 0.3) is 0 Å². The second-order valence-electron chi connectivity index (χ2n) is 5.22. The molecule has 1 saturated carbocycles. The molecule has 102 valence electrons. The first-order chi connectivity index (χ1) is 8.13. The maximum atomic E-state index is 10.5. The second-order valence-corrected chi connectivity index (χ2v) is 5.22. The number of methoxy groups -OCH3 is 2. The zero-order chi connectivity index (χ0) is 12.9. The van der Waals surface area contributed by atoms with Crippen LogP contribution in [-0.2, 0) is 9.47 Å². The van der Waals surface area contributed by atoms with Gasteiger partial charge in [0.05, 0.1) is 0 Å². The molecule has 1 rings (SSSR count). The molecule has 3 unspecified atom stereocenters. The number of hydrogen-bond donors (Lipinski definition) is 2. The van der Waals surface area contributed by atoms with Gasteiger partial charge < -0.3 is 20.3 Å². The third-order valence-corrected chi connectivity index (χ3v) is 4.32. The Balaban J connectivity index is 2.78. The van der Waals surface area contributed by atoms with Gasteiger partial charge in [-0.1, -0.05) is 26.2 Å². The summed E-state index contributed by atoms with van der Waals surface area (Å²) in [7, 11) is 3.11. The first-order valence-corrected chi connectivity index (χ1v) is 6.57. The van der Waals surface area contributed by atoms with Gasteiger partial charge in [0.1, 0.15) is 6.10 Å². The highest BCUT2D eigenvalue weighted by molar-refractivity contribution is 4.93. The number of nitrogens with two attached hydrogens (primary N) is 1. The Morgan fingerprint density at radius 3 is 2.53 bits per heavy atom. The summed E-state index contributed by atoms with van der Waals surface area (Å²) in [5.41, 5.74) is 5.69. The van der Waals surface area contributed by atoms with Crippen molar-refractivity contribution in [3.63, 3.8) is 0 Å². The zero-order valence-corrected chi connectivity index (χ0v) is 11.3. The summed E-state index contributed by atoms with van der Waals surface area (Å²) in [6, 6.07) is 0. The topological polar surface area (TPSA) is 64.7 Å². The van der Waals surface area contributed by atoms with E-state index >= 15 is 0 Å². The number of aliphatic hydroxyl groups is 1. The summed E-state index contributed by atoms with van der Waals surface area (Å²) in [5.74, 6) is 0.663. The van der Waals surface area contributed by atoms with Gasteiger partial charge >= 0.3 is 0 Å². The molecule has 0 aromatic carbocycles. The first kappa shape index (κ1) is 14.9. The smallest absolute Gasteiger partial charge is 0.183 e. The molecule has 4 heteroatoms. The average Bonchev–Trinajstić information content (AvgIpc) is 2.39. The molecule has 4 nitrogen and oxygen atoms in total. The van der Waals surface area contributed by atoms with E-state index in [0.717, 1.165) is 25.7 Å². The Bertz CT molecular complexity index is 221. The summed E-state index contributed by atoms with van der Waals surface area (Å²) >= 11 is 0. The summed E-state index contributed by atoms with van der Waals surface area (Å²) < 4.78 is 10.4. The summed E-state index contributed by atoms with van der Waals surface area (Å²) in [6.45, 7) is 2.70. The van der Waals surface area contributed by atoms with Crippen molar-refractivity contribution in [2.45, 2.75) is 51.4 Å². The number of ether oxygens (including phenoxy) is 2. The molecule has 1 aliphatic carbocycles. The van der Waals surface area contributed by atoms with Gasteiger partial charge in [-0.3, -0.25) is 0 Å². The van der Waals surface area contributed by atoms with Crippen LogP contribution in [0.3, 0.4) is 0 Å². The van der Waals surface area contributed by atoms with Crippen molar-refractivity contribution in [1.82, 2.24) is 0 Å². The maximum Gasteiger partial charge on any atom is 0.183 e. The van der Waals surface area contributed by atoms with Gasteiger partial charge in [-0.05, 0) is 18.8 Å². The van der Waals surface area contributed by atoms with Crippen LogP contribution in [0.25, 0.3) is 0 Å². The minimum absolute atomic E-state index is 0.240. The molecule has 0 saturated heterocycles. The van der Waals surface area contributed by atoms with Crippen LogP contribution < -0.4 is 5.73 Å². The predicted octanol–water partition coefficient (Wildman–Crippen LogP) is 1.51. The van der Waals surface area contributed by atoms with Crippen molar-refractivity contribution in [3.05, 3.63) is 0 Å². The van der Waals surface area contributed by atoms with Gasteiger partial charge in [0, 0.05) is 26.2 Å². The molecule has 0 spiro atoms. The van der Waals surface area contributed by atoms with E-state index < -0.39 is 12.4 Å². The molecule has 17 heavy (non-hydrogen) atoms. The van der Waals surface area contributed by atoms with E-state index in [-0.39, 0.29) is 5.41 Å². The van der Waals surface area contributed by atoms with Crippen LogP contribution >= 0.6 is 0 Å². The fourth-order valence-corrected chi connectivity index (χ4v) is 3.09. The van der Waals surface area contributed by atoms with Crippen molar-refractivity contribution in [2.75, 3.05) is 20.8 Å². The van der Waals surface area contributed by atoms with Crippen molar-refractivity contribution < 1.29 is 14.6 Å². The summed E-state index contributed by atoms with van der Waals surface area (Å²) in [5, 5.41) is 10.5. The van der Waals surface area contributed by atoms with Crippen molar-refractivity contribution in [2.24, 2.45) is 17.1 Å². The lowest BCUT2D eigenvalue weighted by Gasteiger charge is -2.45. The van der Waals surface area contributed by atoms with Crippen LogP contribution in [0, 0.1) is 11.3 Å². The molecule has 0 heterocycles. The molecule has 3 atom stereocenters. The highest BCUT2D eigenvalue weighted by atomic mass is 16.7. The van der Waals surface area contributed by atoms with Crippen molar-refractivity contribution in [1.29, 1.82) is 0 Å². The van der Waals surface area contributed by atoms with Crippen molar-refractivity contribution in [3.8, 4) is 0 Å². The molecule has 0 amide bonds. The third-order valence-electron chi connectivity index (χ3n) is 4.32. The average molecular weight is 245 g/mol. The lowest BCUT2D eigenvalue weighted by Crippen LogP contribution is -2.51. The van der Waals surface area contributed by atoms with E-state index in [1.54, 1.807) is 14.2 Å². The van der Waals surface area contributed by atoms with E-state index in [2.05, 4.69) is 6.92 Å². The molecular formula is C13H27NO3. The zero-order valence-electron chi connectivity index (χ0n) is 11.3. The van der Waals surface area contributed by atoms with Crippen LogP contribution in [0.1, 0.15) is 39.0 Å². The van der Waals surface area contributed by atoms with E-state index in [0.29, 0.717) is 12.5 Å². The van der Waals surface area contributed by atoms with Crippen LogP contribution in [0.15, 0.2) is 0 Å². The molecule has 1 fully saturated rings. The molecule has 0 aliphatic heterocycles. The number of hydrogen-bond acceptors (Lipinski definition) is 4. The molecule has 3 N–H and O–H groups in total. The van der Waals surface area contributed by atoms with Crippen LogP contribution in [0.2, 0.25) is 0 Å². The molecule has 0 bridgehead atoms. The lowest BCUT2D eigenvalue weighted by atomic mass is 9.65. The Labute approximate surface area is 104 Å². The maximum absolute atomic E-state index is 10.5. The Hall–Kier alpha value is -0.160. The number of aliphatic hydroxyl groups excluding tert-OH is 1. The summed E-state index contributed by atoms with van der Waals surface area (Å²) in [4.78, 5) is 0. The largest absolute Gasteiger partial charge is 0.387 e. The van der Waals surface area contributed by atoms with Gasteiger partial charge in [0.2, 0.25) is 0 Å². The van der Waals surface area contributed by atoms with Gasteiger partial charge in [-0.25, -0.2) is 0 Å². The van der Waals surface area contributed by atoms with E-state index in [9.17, 15) is 5.11 Å². The minimum atomic E-state index is -0.642. The van der Waals surface area contributed by atoms with E-state index in [4.69, 9.17) is 15.2 Å². The number of rotatable bonds is 6. The molecular weight excluding hydrogens is 218 g/mol. The van der Waals surface area contributed by atoms with E-state index in [1.807, 2.05) is 0 Å². The first-order valence-electron chi connectivity index (χ1n) is 6.57. The molecule has 1 aliphatic rings. The Kier molecular flexibility index (Phi) is 5.86. The van der Waals surface area contributed by atoms with Crippen molar-refractivity contribution >= 4 is 0 Å². The molecule has 0 aromatic rings. The highest BCUT2D eigenvalue weighted by Crippen LogP contribution is 2.43. The SMILES string of the molecule is CCC1CCCC(CN)(C(O)C(OC)OC)C1. The monoisotopic (exact) mass is 245 g/mol. The summed E-state index contributed by atoms with van der Waals surface area (Å²) in [6.07, 6.45) is 4.25. The van der Waals surface area contributed by atoms with Crippen LogP contribution in [-0.4, -0.2) is 38.3 Å². The van der Waals surface area contributed by atoms with E-state index in [1.165, 1.54) is 6.42 Å². The van der Waals surface area contributed by atoms with Gasteiger partial charge in [-0.15, -0.1) is 0 Å². The van der Waals surface area contributed by atoms with Gasteiger partial charge in [-0.2, -0.15) is 0 Å². The minimum Gasteiger partial charge on any atom is -0.387 e. The van der Waals surface area contributed by atoms with Gasteiger partial charge in [0.15, 0.2) is 6.29 Å². The highest BCUT2D eigenvalue weighted by Gasteiger charge is 2.44.